The SMILES string of the molecule is NC(=O)CC(NC(=O)CCSc1ccccc1F)C(=O)O. The van der Waals surface area contributed by atoms with Gasteiger partial charge in [-0.15, -0.1) is 11.8 Å². The average molecular weight is 314 g/mol. The van der Waals surface area contributed by atoms with Crippen LogP contribution < -0.4 is 11.1 Å². The van der Waals surface area contributed by atoms with Gasteiger partial charge in [-0.2, -0.15) is 0 Å². The first-order valence-corrected chi connectivity index (χ1v) is 7.06. The van der Waals surface area contributed by atoms with Crippen molar-refractivity contribution in [1.82, 2.24) is 5.32 Å². The standard InChI is InChI=1S/C13H15FN2O4S/c14-8-3-1-2-4-10(8)21-6-5-12(18)16-9(13(19)20)7-11(15)17/h1-4,9H,5-7H2,(H2,15,17)(H,16,18)(H,19,20). The van der Waals surface area contributed by atoms with Gasteiger partial charge in [-0.05, 0) is 12.1 Å². The lowest BCUT2D eigenvalue weighted by Gasteiger charge is -2.12. The number of carboxylic acids is 1. The molecule has 114 valence electrons. The fraction of sp³-hybridized carbons (Fsp3) is 0.308. The second kappa shape index (κ2) is 8.25. The molecule has 0 fully saturated rings. The Kier molecular flexibility index (Phi) is 6.67. The number of nitrogens with one attached hydrogen (secondary N) is 1. The normalized spacial score (nSPS) is 11.7. The fourth-order valence-electron chi connectivity index (χ4n) is 1.48. The van der Waals surface area contributed by atoms with E-state index in [4.69, 9.17) is 10.8 Å². The number of primary amides is 1. The zero-order valence-electron chi connectivity index (χ0n) is 11.0. The molecule has 1 unspecified atom stereocenters. The van der Waals surface area contributed by atoms with Gasteiger partial charge in [0.25, 0.3) is 0 Å². The number of thioether (sulfide) groups is 1. The van der Waals surface area contributed by atoms with E-state index in [1.54, 1.807) is 18.2 Å². The number of carboxylic acid groups (broad SMARTS) is 1. The molecule has 0 saturated carbocycles. The minimum Gasteiger partial charge on any atom is -0.480 e. The van der Waals surface area contributed by atoms with Gasteiger partial charge in [0.2, 0.25) is 11.8 Å². The molecule has 6 nitrogen and oxygen atoms in total. The van der Waals surface area contributed by atoms with E-state index >= 15 is 0 Å². The molecule has 0 aliphatic carbocycles. The van der Waals surface area contributed by atoms with E-state index in [1.807, 2.05) is 0 Å². The summed E-state index contributed by atoms with van der Waals surface area (Å²) in [6.07, 6.45) is -0.469. The number of hydrogen-bond donors (Lipinski definition) is 3. The Morgan fingerprint density at radius 1 is 1.33 bits per heavy atom. The zero-order chi connectivity index (χ0) is 15.8. The number of carbonyl (C=O) groups excluding carboxylic acids is 2. The first-order valence-electron chi connectivity index (χ1n) is 6.08. The molecule has 0 radical (unpaired) electrons. The fourth-order valence-corrected chi connectivity index (χ4v) is 2.37. The number of nitrogens with two attached hydrogens (primary N) is 1. The highest BCUT2D eigenvalue weighted by Gasteiger charge is 2.21. The van der Waals surface area contributed by atoms with E-state index in [0.29, 0.717) is 4.90 Å². The molecule has 2 amide bonds. The number of aliphatic carboxylic acids is 1. The maximum Gasteiger partial charge on any atom is 0.326 e. The van der Waals surface area contributed by atoms with Gasteiger partial charge in [-0.1, -0.05) is 12.1 Å². The number of amides is 2. The Balaban J connectivity index is 2.41. The van der Waals surface area contributed by atoms with E-state index < -0.39 is 30.2 Å². The topological polar surface area (TPSA) is 109 Å². The van der Waals surface area contributed by atoms with E-state index in [1.165, 1.54) is 6.07 Å². The Hall–Kier alpha value is -2.09. The van der Waals surface area contributed by atoms with Crippen LogP contribution in [0.2, 0.25) is 0 Å². The van der Waals surface area contributed by atoms with Crippen molar-refractivity contribution in [1.29, 1.82) is 0 Å². The van der Waals surface area contributed by atoms with Crippen LogP contribution in [0.1, 0.15) is 12.8 Å². The third-order valence-corrected chi connectivity index (χ3v) is 3.51. The average Bonchev–Trinajstić information content (AvgIpc) is 2.39. The lowest BCUT2D eigenvalue weighted by Crippen LogP contribution is -2.43. The monoisotopic (exact) mass is 314 g/mol. The summed E-state index contributed by atoms with van der Waals surface area (Å²) < 4.78 is 13.3. The van der Waals surface area contributed by atoms with Crippen LogP contribution in [0.15, 0.2) is 29.2 Å². The van der Waals surface area contributed by atoms with Gasteiger partial charge in [-0.25, -0.2) is 9.18 Å². The van der Waals surface area contributed by atoms with Gasteiger partial charge >= 0.3 is 5.97 Å². The first-order chi connectivity index (χ1) is 9.90. The molecule has 0 aromatic heterocycles. The van der Waals surface area contributed by atoms with Crippen LogP contribution in [0.5, 0.6) is 0 Å². The summed E-state index contributed by atoms with van der Waals surface area (Å²) in [6, 6.07) is 4.81. The summed E-state index contributed by atoms with van der Waals surface area (Å²) in [5, 5.41) is 11.0. The third-order valence-electron chi connectivity index (χ3n) is 2.46. The highest BCUT2D eigenvalue weighted by atomic mass is 32.2. The molecule has 1 aromatic carbocycles. The summed E-state index contributed by atoms with van der Waals surface area (Å²) in [7, 11) is 0. The van der Waals surface area contributed by atoms with E-state index in [2.05, 4.69) is 5.32 Å². The molecular formula is C13H15FN2O4S. The number of benzene rings is 1. The molecule has 4 N–H and O–H groups in total. The summed E-state index contributed by atoms with van der Waals surface area (Å²) in [4.78, 5) is 33.5. The summed E-state index contributed by atoms with van der Waals surface area (Å²) in [6.45, 7) is 0. The second-order valence-corrected chi connectivity index (χ2v) is 5.29. The largest absolute Gasteiger partial charge is 0.480 e. The molecule has 0 saturated heterocycles. The lowest BCUT2D eigenvalue weighted by molar-refractivity contribution is -0.143. The first kappa shape index (κ1) is 17.0. The molecule has 0 spiro atoms. The Bertz CT molecular complexity index is 539. The zero-order valence-corrected chi connectivity index (χ0v) is 11.9. The number of hydrogen-bond acceptors (Lipinski definition) is 4. The van der Waals surface area contributed by atoms with Crippen LogP contribution in [0.25, 0.3) is 0 Å². The molecule has 8 heteroatoms. The predicted molar refractivity (Wildman–Crippen MR) is 75.1 cm³/mol. The van der Waals surface area contributed by atoms with Crippen LogP contribution in [-0.2, 0) is 14.4 Å². The molecule has 0 aliphatic heterocycles. The highest BCUT2D eigenvalue weighted by Crippen LogP contribution is 2.21. The minimum absolute atomic E-state index is 0.00153. The highest BCUT2D eigenvalue weighted by molar-refractivity contribution is 7.99. The summed E-state index contributed by atoms with van der Waals surface area (Å²) >= 11 is 1.15. The van der Waals surface area contributed by atoms with Crippen LogP contribution in [0, 0.1) is 5.82 Å². The van der Waals surface area contributed by atoms with Gasteiger partial charge in [-0.3, -0.25) is 9.59 Å². The minimum atomic E-state index is -1.34. The second-order valence-electron chi connectivity index (χ2n) is 4.16. The van der Waals surface area contributed by atoms with Gasteiger partial charge in [0, 0.05) is 17.1 Å². The van der Waals surface area contributed by atoms with Crippen LogP contribution in [0.4, 0.5) is 4.39 Å². The molecule has 21 heavy (non-hydrogen) atoms. The third kappa shape index (κ3) is 6.26. The maximum atomic E-state index is 13.3. The van der Waals surface area contributed by atoms with Gasteiger partial charge in [0.15, 0.2) is 0 Å². The van der Waals surface area contributed by atoms with E-state index in [0.717, 1.165) is 11.8 Å². The van der Waals surface area contributed by atoms with Gasteiger partial charge in [0.1, 0.15) is 11.9 Å². The van der Waals surface area contributed by atoms with Crippen molar-refractivity contribution >= 4 is 29.5 Å². The Morgan fingerprint density at radius 2 is 2.00 bits per heavy atom. The smallest absolute Gasteiger partial charge is 0.326 e. The van der Waals surface area contributed by atoms with Gasteiger partial charge in [0.05, 0.1) is 6.42 Å². The molecule has 0 heterocycles. The number of rotatable bonds is 8. The van der Waals surface area contributed by atoms with Gasteiger partial charge < -0.3 is 16.2 Å². The van der Waals surface area contributed by atoms with E-state index in [9.17, 15) is 18.8 Å². The summed E-state index contributed by atoms with van der Waals surface area (Å²) in [5.41, 5.74) is 4.90. The van der Waals surface area contributed by atoms with Crippen molar-refractivity contribution in [2.75, 3.05) is 5.75 Å². The molecule has 0 bridgehead atoms. The molecular weight excluding hydrogens is 299 g/mol. The van der Waals surface area contributed by atoms with Crippen molar-refractivity contribution in [2.45, 2.75) is 23.8 Å². The van der Waals surface area contributed by atoms with Crippen molar-refractivity contribution in [2.24, 2.45) is 5.73 Å². The van der Waals surface area contributed by atoms with Crippen molar-refractivity contribution < 1.29 is 23.9 Å². The predicted octanol–water partition coefficient (Wildman–Crippen LogP) is 0.753. The lowest BCUT2D eigenvalue weighted by atomic mass is 10.2. The summed E-state index contributed by atoms with van der Waals surface area (Å²) in [5.74, 6) is -2.77. The van der Waals surface area contributed by atoms with Crippen molar-refractivity contribution in [3.8, 4) is 0 Å². The quantitative estimate of drug-likeness (QED) is 0.614. The molecule has 1 atom stereocenters. The Morgan fingerprint density at radius 3 is 2.57 bits per heavy atom. The number of carbonyl (C=O) groups is 3. The van der Waals surface area contributed by atoms with E-state index in [-0.39, 0.29) is 18.0 Å². The number of halogens is 1. The molecule has 0 aliphatic rings. The Labute approximate surface area is 124 Å². The molecule has 1 rings (SSSR count). The maximum absolute atomic E-state index is 13.3. The van der Waals surface area contributed by atoms with Crippen molar-refractivity contribution in [3.63, 3.8) is 0 Å². The van der Waals surface area contributed by atoms with Crippen LogP contribution >= 0.6 is 11.8 Å². The van der Waals surface area contributed by atoms with Crippen molar-refractivity contribution in [3.05, 3.63) is 30.1 Å². The molecule has 1 aromatic rings. The van der Waals surface area contributed by atoms with Crippen LogP contribution in [0.3, 0.4) is 0 Å². The van der Waals surface area contributed by atoms with Crippen LogP contribution in [-0.4, -0.2) is 34.7 Å².